The number of aryl methyl sites for hydroxylation is 1. The molecule has 3 aliphatic heterocycles. The number of rotatable bonds is 7. The second-order valence-electron chi connectivity index (χ2n) is 9.66. The van der Waals surface area contributed by atoms with Crippen LogP contribution in [-0.4, -0.2) is 79.7 Å². The molecule has 2 aromatic rings. The molecule has 0 aromatic heterocycles. The summed E-state index contributed by atoms with van der Waals surface area (Å²) < 4.78 is 16.2. The average molecular weight is 508 g/mol. The molecule has 1 N–H and O–H groups in total. The minimum absolute atomic E-state index is 0.0634. The Bertz CT molecular complexity index is 1110. The van der Waals surface area contributed by atoms with E-state index in [-0.39, 0.29) is 30.4 Å². The quantitative estimate of drug-likeness (QED) is 0.618. The zero-order valence-electron chi connectivity index (χ0n) is 20.9. The van der Waals surface area contributed by atoms with Gasteiger partial charge in [-0.1, -0.05) is 30.3 Å². The number of carbonyl (C=O) groups is 3. The van der Waals surface area contributed by atoms with Crippen LogP contribution in [0.25, 0.3) is 0 Å². The van der Waals surface area contributed by atoms with Gasteiger partial charge in [-0.3, -0.25) is 14.4 Å². The Kier molecular flexibility index (Phi) is 7.89. The Hall–Kier alpha value is -3.59. The molecule has 196 valence electrons. The molecule has 9 heteroatoms. The second kappa shape index (κ2) is 11.6. The van der Waals surface area contributed by atoms with Crippen LogP contribution in [-0.2, 0) is 20.7 Å². The fourth-order valence-electron chi connectivity index (χ4n) is 5.16. The van der Waals surface area contributed by atoms with Crippen molar-refractivity contribution in [1.82, 2.24) is 15.1 Å². The molecule has 0 saturated carbocycles. The lowest BCUT2D eigenvalue weighted by Crippen LogP contribution is -2.56. The predicted molar refractivity (Wildman–Crippen MR) is 135 cm³/mol. The van der Waals surface area contributed by atoms with E-state index in [1.807, 2.05) is 35.2 Å². The van der Waals surface area contributed by atoms with Crippen molar-refractivity contribution >= 4 is 17.7 Å². The first-order valence-electron chi connectivity index (χ1n) is 13.0. The first kappa shape index (κ1) is 25.1. The monoisotopic (exact) mass is 507 g/mol. The van der Waals surface area contributed by atoms with Crippen molar-refractivity contribution in [2.24, 2.45) is 5.92 Å². The summed E-state index contributed by atoms with van der Waals surface area (Å²) in [6.45, 7) is 3.27. The molecular formula is C28H33N3O6. The van der Waals surface area contributed by atoms with Crippen LogP contribution in [0.15, 0.2) is 48.5 Å². The maximum atomic E-state index is 13.6. The Morgan fingerprint density at radius 1 is 0.892 bits per heavy atom. The van der Waals surface area contributed by atoms with Gasteiger partial charge in [-0.05, 0) is 48.9 Å². The first-order chi connectivity index (χ1) is 18.1. The standard InChI is InChI=1S/C28H33N3O6/c32-25(9-6-20-4-2-1-3-5-20)30-12-10-21(11-13-30)26(28(34)31-14-16-35-17-15-31)29-27(33)22-7-8-23-24(18-22)37-19-36-23/h1-5,7-8,18,21,26H,6,9-17,19H2,(H,29,33)/t26-/m0/s1. The van der Waals surface area contributed by atoms with Crippen LogP contribution in [0.1, 0.15) is 35.2 Å². The van der Waals surface area contributed by atoms with E-state index in [9.17, 15) is 14.4 Å². The number of hydrogen-bond donors (Lipinski definition) is 1. The van der Waals surface area contributed by atoms with Crippen LogP contribution in [0.5, 0.6) is 11.5 Å². The molecule has 0 spiro atoms. The summed E-state index contributed by atoms with van der Waals surface area (Å²) in [7, 11) is 0. The van der Waals surface area contributed by atoms with Crippen LogP contribution in [0.2, 0.25) is 0 Å². The largest absolute Gasteiger partial charge is 0.454 e. The SMILES string of the molecule is O=C(N[C@H](C(=O)N1CCOCC1)C1CCN(C(=O)CCc2ccccc2)CC1)c1ccc2c(c1)OCO2. The van der Waals surface area contributed by atoms with Gasteiger partial charge in [0.2, 0.25) is 18.6 Å². The number of ether oxygens (including phenoxy) is 3. The van der Waals surface area contributed by atoms with Crippen molar-refractivity contribution in [2.75, 3.05) is 46.2 Å². The zero-order valence-corrected chi connectivity index (χ0v) is 20.9. The number of hydrogen-bond acceptors (Lipinski definition) is 6. The third-order valence-electron chi connectivity index (χ3n) is 7.34. The van der Waals surface area contributed by atoms with E-state index in [0.29, 0.717) is 82.1 Å². The van der Waals surface area contributed by atoms with Crippen molar-refractivity contribution in [3.63, 3.8) is 0 Å². The molecule has 5 rings (SSSR count). The summed E-state index contributed by atoms with van der Waals surface area (Å²) in [5.74, 6) is 0.764. The molecule has 3 heterocycles. The molecular weight excluding hydrogens is 474 g/mol. The molecule has 1 atom stereocenters. The maximum absolute atomic E-state index is 13.6. The van der Waals surface area contributed by atoms with Gasteiger partial charge >= 0.3 is 0 Å². The van der Waals surface area contributed by atoms with Crippen LogP contribution in [0.4, 0.5) is 0 Å². The van der Waals surface area contributed by atoms with Crippen LogP contribution >= 0.6 is 0 Å². The number of amides is 3. The normalized spacial score (nSPS) is 18.4. The van der Waals surface area contributed by atoms with Crippen molar-refractivity contribution in [3.8, 4) is 11.5 Å². The van der Waals surface area contributed by atoms with Crippen molar-refractivity contribution in [2.45, 2.75) is 31.7 Å². The molecule has 9 nitrogen and oxygen atoms in total. The Balaban J connectivity index is 1.23. The zero-order chi connectivity index (χ0) is 25.6. The van der Waals surface area contributed by atoms with E-state index in [1.165, 1.54) is 0 Å². The number of morpholine rings is 1. The molecule has 0 aliphatic carbocycles. The summed E-state index contributed by atoms with van der Waals surface area (Å²) in [5, 5.41) is 3.01. The molecule has 0 radical (unpaired) electrons. The van der Waals surface area contributed by atoms with Gasteiger partial charge in [-0.25, -0.2) is 0 Å². The van der Waals surface area contributed by atoms with Crippen LogP contribution < -0.4 is 14.8 Å². The molecule has 37 heavy (non-hydrogen) atoms. The maximum Gasteiger partial charge on any atom is 0.252 e. The molecule has 0 bridgehead atoms. The fraction of sp³-hybridized carbons (Fsp3) is 0.464. The number of nitrogens with one attached hydrogen (secondary N) is 1. The fourth-order valence-corrected chi connectivity index (χ4v) is 5.16. The van der Waals surface area contributed by atoms with E-state index >= 15 is 0 Å². The smallest absolute Gasteiger partial charge is 0.252 e. The van der Waals surface area contributed by atoms with Crippen molar-refractivity contribution in [1.29, 1.82) is 0 Å². The lowest BCUT2D eigenvalue weighted by Gasteiger charge is -2.38. The first-order valence-corrected chi connectivity index (χ1v) is 13.0. The van der Waals surface area contributed by atoms with Gasteiger partial charge in [-0.2, -0.15) is 0 Å². The summed E-state index contributed by atoms with van der Waals surface area (Å²) in [6.07, 6.45) is 2.48. The van der Waals surface area contributed by atoms with Gasteiger partial charge in [0.1, 0.15) is 6.04 Å². The van der Waals surface area contributed by atoms with Gasteiger partial charge in [0.15, 0.2) is 11.5 Å². The lowest BCUT2D eigenvalue weighted by atomic mass is 9.87. The highest BCUT2D eigenvalue weighted by Gasteiger charge is 2.36. The van der Waals surface area contributed by atoms with Gasteiger partial charge in [0.25, 0.3) is 5.91 Å². The van der Waals surface area contributed by atoms with Gasteiger partial charge in [0.05, 0.1) is 13.2 Å². The summed E-state index contributed by atoms with van der Waals surface area (Å²) in [5.41, 5.74) is 1.56. The van der Waals surface area contributed by atoms with Gasteiger partial charge in [-0.15, -0.1) is 0 Å². The average Bonchev–Trinajstić information content (AvgIpc) is 3.43. The van der Waals surface area contributed by atoms with E-state index in [2.05, 4.69) is 5.32 Å². The second-order valence-corrected chi connectivity index (χ2v) is 9.66. The minimum Gasteiger partial charge on any atom is -0.454 e. The highest BCUT2D eigenvalue weighted by Crippen LogP contribution is 2.32. The molecule has 2 aromatic carbocycles. The number of piperidine rings is 1. The predicted octanol–water partition coefficient (Wildman–Crippen LogP) is 2.24. The third kappa shape index (κ3) is 6.05. The van der Waals surface area contributed by atoms with E-state index in [1.54, 1.807) is 23.1 Å². The van der Waals surface area contributed by atoms with Gasteiger partial charge < -0.3 is 29.3 Å². The topological polar surface area (TPSA) is 97.4 Å². The van der Waals surface area contributed by atoms with Crippen LogP contribution in [0, 0.1) is 5.92 Å². The van der Waals surface area contributed by atoms with E-state index in [4.69, 9.17) is 14.2 Å². The number of fused-ring (bicyclic) bond motifs is 1. The van der Waals surface area contributed by atoms with E-state index < -0.39 is 6.04 Å². The number of likely N-dealkylation sites (tertiary alicyclic amines) is 1. The van der Waals surface area contributed by atoms with Crippen molar-refractivity contribution in [3.05, 3.63) is 59.7 Å². The van der Waals surface area contributed by atoms with Crippen molar-refractivity contribution < 1.29 is 28.6 Å². The molecule has 2 saturated heterocycles. The number of carbonyl (C=O) groups excluding carboxylic acids is 3. The van der Waals surface area contributed by atoms with Gasteiger partial charge in [0, 0.05) is 38.2 Å². The highest BCUT2D eigenvalue weighted by atomic mass is 16.7. The minimum atomic E-state index is -0.669. The third-order valence-corrected chi connectivity index (χ3v) is 7.34. The summed E-state index contributed by atoms with van der Waals surface area (Å²) in [4.78, 5) is 43.3. The Morgan fingerprint density at radius 3 is 2.38 bits per heavy atom. The molecule has 2 fully saturated rings. The Morgan fingerprint density at radius 2 is 1.62 bits per heavy atom. The van der Waals surface area contributed by atoms with E-state index in [0.717, 1.165) is 5.56 Å². The summed E-state index contributed by atoms with van der Waals surface area (Å²) in [6, 6.07) is 14.3. The highest BCUT2D eigenvalue weighted by molar-refractivity contribution is 5.98. The molecule has 0 unspecified atom stereocenters. The summed E-state index contributed by atoms with van der Waals surface area (Å²) >= 11 is 0. The lowest BCUT2D eigenvalue weighted by molar-refractivity contribution is -0.139. The number of nitrogens with zero attached hydrogens (tertiary/aromatic N) is 2. The van der Waals surface area contributed by atoms with Crippen LogP contribution in [0.3, 0.4) is 0 Å². The number of benzene rings is 2. The Labute approximate surface area is 216 Å². The molecule has 3 aliphatic rings. The molecule has 3 amide bonds.